The number of rotatable bonds is 6. The Labute approximate surface area is 207 Å². The lowest BCUT2D eigenvalue weighted by molar-refractivity contribution is 0.202. The molecule has 1 aromatic heterocycles. The molecule has 2 heterocycles. The second kappa shape index (κ2) is 9.73. The zero-order valence-electron chi connectivity index (χ0n) is 19.8. The van der Waals surface area contributed by atoms with Gasteiger partial charge in [-0.2, -0.15) is 4.98 Å². The van der Waals surface area contributed by atoms with Crippen molar-refractivity contribution in [2.24, 2.45) is 0 Å². The highest BCUT2D eigenvalue weighted by molar-refractivity contribution is 5.86. The number of benzene rings is 3. The Kier molecular flexibility index (Phi) is 6.33. The van der Waals surface area contributed by atoms with Gasteiger partial charge in [0.15, 0.2) is 0 Å². The maximum atomic E-state index is 14.4. The van der Waals surface area contributed by atoms with E-state index in [2.05, 4.69) is 22.4 Å². The molecule has 6 nitrogen and oxygen atoms in total. The predicted molar refractivity (Wildman–Crippen MR) is 131 cm³/mol. The van der Waals surface area contributed by atoms with E-state index >= 15 is 0 Å². The molecule has 1 atom stereocenters. The lowest BCUT2D eigenvalue weighted by Crippen LogP contribution is -2.45. The summed E-state index contributed by atoms with van der Waals surface area (Å²) in [5.74, 6) is -0.268. The molecule has 0 aliphatic carbocycles. The van der Waals surface area contributed by atoms with Crippen LogP contribution in [0.1, 0.15) is 42.5 Å². The standard InChI is InChI=1S/C28H24F2N4O2/c1-3-18-11-13-19(14-12-18)26-32-27(36-33-26)24-17(2)34(16-21-7-4-5-10-23(21)30)28(35)31-25(24)20-8-6-9-22(29)15-20/h4-15,25H,3,16H2,1-2H3,(H,31,35). The van der Waals surface area contributed by atoms with Crippen LogP contribution in [0.3, 0.4) is 0 Å². The molecule has 0 radical (unpaired) electrons. The predicted octanol–water partition coefficient (Wildman–Crippen LogP) is 6.27. The number of amides is 2. The summed E-state index contributed by atoms with van der Waals surface area (Å²) in [5.41, 5.74) is 3.87. The van der Waals surface area contributed by atoms with Crippen molar-refractivity contribution in [1.82, 2.24) is 20.4 Å². The van der Waals surface area contributed by atoms with Crippen LogP contribution in [-0.4, -0.2) is 21.1 Å². The van der Waals surface area contributed by atoms with Gasteiger partial charge in [-0.25, -0.2) is 13.6 Å². The molecule has 0 spiro atoms. The van der Waals surface area contributed by atoms with Crippen LogP contribution in [0.5, 0.6) is 0 Å². The van der Waals surface area contributed by atoms with Crippen molar-refractivity contribution in [3.63, 3.8) is 0 Å². The summed E-state index contributed by atoms with van der Waals surface area (Å²) >= 11 is 0. The molecule has 0 bridgehead atoms. The highest BCUT2D eigenvalue weighted by Gasteiger charge is 2.36. The van der Waals surface area contributed by atoms with E-state index in [4.69, 9.17) is 4.52 Å². The van der Waals surface area contributed by atoms with Gasteiger partial charge in [0.2, 0.25) is 5.82 Å². The molecule has 0 saturated heterocycles. The van der Waals surface area contributed by atoms with Crippen LogP contribution >= 0.6 is 0 Å². The fourth-order valence-electron chi connectivity index (χ4n) is 4.32. The Hall–Kier alpha value is -4.33. The molecule has 182 valence electrons. The third-order valence-corrected chi connectivity index (χ3v) is 6.34. The number of nitrogens with one attached hydrogen (secondary N) is 1. The van der Waals surface area contributed by atoms with E-state index in [1.165, 1.54) is 28.7 Å². The molecular weight excluding hydrogens is 462 g/mol. The smallest absolute Gasteiger partial charge is 0.322 e. The van der Waals surface area contributed by atoms with Crippen LogP contribution < -0.4 is 5.32 Å². The molecule has 3 aromatic carbocycles. The van der Waals surface area contributed by atoms with Crippen molar-refractivity contribution in [2.75, 3.05) is 0 Å². The van der Waals surface area contributed by atoms with E-state index in [1.54, 1.807) is 37.3 Å². The number of hydrogen-bond acceptors (Lipinski definition) is 4. The van der Waals surface area contributed by atoms with Gasteiger partial charge >= 0.3 is 6.03 Å². The first-order chi connectivity index (χ1) is 17.4. The molecule has 1 aliphatic heterocycles. The first kappa shape index (κ1) is 23.4. The maximum absolute atomic E-state index is 14.4. The average molecular weight is 487 g/mol. The third-order valence-electron chi connectivity index (χ3n) is 6.34. The summed E-state index contributed by atoms with van der Waals surface area (Å²) in [5, 5.41) is 7.06. The first-order valence-electron chi connectivity index (χ1n) is 11.7. The van der Waals surface area contributed by atoms with E-state index in [1.807, 2.05) is 24.3 Å². The largest absolute Gasteiger partial charge is 0.334 e. The molecule has 5 rings (SSSR count). The lowest BCUT2D eigenvalue weighted by atomic mass is 9.94. The van der Waals surface area contributed by atoms with Gasteiger partial charge in [0.05, 0.1) is 18.2 Å². The van der Waals surface area contributed by atoms with E-state index in [0.29, 0.717) is 28.2 Å². The quantitative estimate of drug-likeness (QED) is 0.348. The third kappa shape index (κ3) is 4.49. The lowest BCUT2D eigenvalue weighted by Gasteiger charge is -2.35. The highest BCUT2D eigenvalue weighted by Crippen LogP contribution is 2.38. The molecule has 1 aliphatic rings. The Morgan fingerprint density at radius 1 is 1.03 bits per heavy atom. The minimum absolute atomic E-state index is 0.00316. The van der Waals surface area contributed by atoms with Crippen LogP contribution in [0.4, 0.5) is 13.6 Å². The van der Waals surface area contributed by atoms with Crippen LogP contribution in [0.25, 0.3) is 17.0 Å². The number of urea groups is 1. The fourth-order valence-corrected chi connectivity index (χ4v) is 4.32. The average Bonchev–Trinajstić information content (AvgIpc) is 3.37. The van der Waals surface area contributed by atoms with Gasteiger partial charge in [-0.05, 0) is 42.7 Å². The Balaban J connectivity index is 1.59. The molecule has 0 saturated carbocycles. The van der Waals surface area contributed by atoms with Crippen LogP contribution in [0, 0.1) is 11.6 Å². The Morgan fingerprint density at radius 2 is 1.81 bits per heavy atom. The minimum atomic E-state index is -0.735. The number of nitrogens with zero attached hydrogens (tertiary/aromatic N) is 3. The van der Waals surface area contributed by atoms with Crippen LogP contribution in [0.15, 0.2) is 83.0 Å². The van der Waals surface area contributed by atoms with E-state index in [0.717, 1.165) is 12.0 Å². The summed E-state index contributed by atoms with van der Waals surface area (Å²) in [6.45, 7) is 3.82. The highest BCUT2D eigenvalue weighted by atomic mass is 19.1. The van der Waals surface area contributed by atoms with Crippen molar-refractivity contribution < 1.29 is 18.1 Å². The number of carbonyl (C=O) groups is 1. The zero-order chi connectivity index (χ0) is 25.2. The van der Waals surface area contributed by atoms with Crippen molar-refractivity contribution in [3.05, 3.63) is 113 Å². The van der Waals surface area contributed by atoms with Crippen LogP contribution in [-0.2, 0) is 13.0 Å². The molecule has 8 heteroatoms. The molecule has 1 N–H and O–H groups in total. The second-order valence-corrected chi connectivity index (χ2v) is 8.59. The van der Waals surface area contributed by atoms with Crippen molar-refractivity contribution in [3.8, 4) is 11.4 Å². The molecule has 0 fully saturated rings. The molecule has 1 unspecified atom stereocenters. The van der Waals surface area contributed by atoms with E-state index < -0.39 is 23.7 Å². The van der Waals surface area contributed by atoms with Gasteiger partial charge in [-0.3, -0.25) is 4.90 Å². The number of hydrogen-bond donors (Lipinski definition) is 1. The van der Waals surface area contributed by atoms with Crippen molar-refractivity contribution in [2.45, 2.75) is 32.9 Å². The Bertz CT molecular complexity index is 1450. The first-order valence-corrected chi connectivity index (χ1v) is 11.7. The van der Waals surface area contributed by atoms with Crippen molar-refractivity contribution >= 4 is 11.6 Å². The molecule has 36 heavy (non-hydrogen) atoms. The summed E-state index contributed by atoms with van der Waals surface area (Å²) in [6.07, 6.45) is 0.913. The number of aromatic nitrogens is 2. The van der Waals surface area contributed by atoms with Gasteiger partial charge < -0.3 is 9.84 Å². The van der Waals surface area contributed by atoms with E-state index in [9.17, 15) is 13.6 Å². The molecule has 2 amide bonds. The van der Waals surface area contributed by atoms with Gasteiger partial charge in [-0.15, -0.1) is 0 Å². The zero-order valence-corrected chi connectivity index (χ0v) is 19.8. The normalized spacial score (nSPS) is 15.8. The summed E-state index contributed by atoms with van der Waals surface area (Å²) in [7, 11) is 0. The fraction of sp³-hybridized carbons (Fsp3) is 0.179. The maximum Gasteiger partial charge on any atom is 0.322 e. The van der Waals surface area contributed by atoms with E-state index in [-0.39, 0.29) is 12.4 Å². The van der Waals surface area contributed by atoms with Gasteiger partial charge in [0.25, 0.3) is 5.89 Å². The molecule has 4 aromatic rings. The van der Waals surface area contributed by atoms with Gasteiger partial charge in [0.1, 0.15) is 11.6 Å². The number of carbonyl (C=O) groups excluding carboxylic acids is 1. The van der Waals surface area contributed by atoms with Gasteiger partial charge in [-0.1, -0.05) is 66.7 Å². The number of allylic oxidation sites excluding steroid dienone is 1. The molecular formula is C28H24F2N4O2. The SMILES string of the molecule is CCc1ccc(-c2noc(C3=C(C)N(Cc4ccccc4F)C(=O)NC3c3cccc(F)c3)n2)cc1. The number of halogens is 2. The monoisotopic (exact) mass is 486 g/mol. The van der Waals surface area contributed by atoms with Crippen LogP contribution in [0.2, 0.25) is 0 Å². The van der Waals surface area contributed by atoms with Gasteiger partial charge in [0, 0.05) is 16.8 Å². The summed E-state index contributed by atoms with van der Waals surface area (Å²) < 4.78 is 34.2. The minimum Gasteiger partial charge on any atom is -0.334 e. The number of aryl methyl sites for hydroxylation is 1. The summed E-state index contributed by atoms with van der Waals surface area (Å²) in [6, 6.07) is 18.9. The summed E-state index contributed by atoms with van der Waals surface area (Å²) in [4.78, 5) is 19.2. The topological polar surface area (TPSA) is 71.3 Å². The van der Waals surface area contributed by atoms with Crippen molar-refractivity contribution in [1.29, 1.82) is 0 Å². The second-order valence-electron chi connectivity index (χ2n) is 8.59. The Morgan fingerprint density at radius 3 is 2.53 bits per heavy atom.